The lowest BCUT2D eigenvalue weighted by atomic mass is 10.0. The molecular weight excluding hydrogens is 452 g/mol. The summed E-state index contributed by atoms with van der Waals surface area (Å²) in [5.41, 5.74) is 1.83. The molecule has 0 aliphatic carbocycles. The summed E-state index contributed by atoms with van der Waals surface area (Å²) < 4.78 is 11.0. The van der Waals surface area contributed by atoms with Gasteiger partial charge in [0, 0.05) is 19.5 Å². The standard InChI is InChI=1S/C27H29ClN2O4/c1-3-29-27(32)24(17-20-9-5-4-6-10-20)30(18-21-13-15-22(33-2)16-14-21)26(31)19-34-25-12-8-7-11-23(25)28/h4-16,24H,3,17-19H2,1-2H3,(H,29,32)/t24-/m0/s1. The molecule has 34 heavy (non-hydrogen) atoms. The number of hydrogen-bond donors (Lipinski definition) is 1. The smallest absolute Gasteiger partial charge is 0.261 e. The molecular formula is C27H29ClN2O4. The molecule has 0 heterocycles. The quantitative estimate of drug-likeness (QED) is 0.438. The van der Waals surface area contributed by atoms with Gasteiger partial charge >= 0.3 is 0 Å². The molecule has 3 aromatic carbocycles. The largest absolute Gasteiger partial charge is 0.497 e. The van der Waals surface area contributed by atoms with Gasteiger partial charge in [0.25, 0.3) is 5.91 Å². The van der Waals surface area contributed by atoms with Crippen molar-refractivity contribution in [2.24, 2.45) is 0 Å². The summed E-state index contributed by atoms with van der Waals surface area (Å²) in [5.74, 6) is 0.599. The first kappa shape index (κ1) is 25.1. The van der Waals surface area contributed by atoms with Crippen LogP contribution in [0.15, 0.2) is 78.9 Å². The molecule has 0 aliphatic heterocycles. The Morgan fingerprint density at radius 2 is 1.62 bits per heavy atom. The van der Waals surface area contributed by atoms with E-state index in [9.17, 15) is 9.59 Å². The number of nitrogens with zero attached hydrogens (tertiary/aromatic N) is 1. The molecule has 0 saturated heterocycles. The number of likely N-dealkylation sites (N-methyl/N-ethyl adjacent to an activating group) is 1. The maximum atomic E-state index is 13.4. The highest BCUT2D eigenvalue weighted by atomic mass is 35.5. The summed E-state index contributed by atoms with van der Waals surface area (Å²) in [6.45, 7) is 2.31. The van der Waals surface area contributed by atoms with E-state index in [1.54, 1.807) is 36.3 Å². The number of halogens is 1. The molecule has 0 radical (unpaired) electrons. The van der Waals surface area contributed by atoms with E-state index >= 15 is 0 Å². The predicted octanol–water partition coefficient (Wildman–Crippen LogP) is 4.50. The van der Waals surface area contributed by atoms with Crippen LogP contribution in [0.5, 0.6) is 11.5 Å². The van der Waals surface area contributed by atoms with E-state index in [4.69, 9.17) is 21.1 Å². The zero-order valence-electron chi connectivity index (χ0n) is 19.4. The molecule has 0 aliphatic rings. The van der Waals surface area contributed by atoms with Crippen LogP contribution in [0, 0.1) is 0 Å². The van der Waals surface area contributed by atoms with Crippen molar-refractivity contribution in [2.75, 3.05) is 20.3 Å². The minimum Gasteiger partial charge on any atom is -0.497 e. The fraction of sp³-hybridized carbons (Fsp3) is 0.259. The summed E-state index contributed by atoms with van der Waals surface area (Å²) in [6, 6.07) is 23.3. The van der Waals surface area contributed by atoms with E-state index in [-0.39, 0.29) is 25.0 Å². The topological polar surface area (TPSA) is 67.9 Å². The fourth-order valence-corrected chi connectivity index (χ4v) is 3.75. The third-order valence-corrected chi connectivity index (χ3v) is 5.63. The Bertz CT molecular complexity index is 1070. The maximum absolute atomic E-state index is 13.4. The van der Waals surface area contributed by atoms with Crippen LogP contribution < -0.4 is 14.8 Å². The fourth-order valence-electron chi connectivity index (χ4n) is 3.56. The molecule has 3 aromatic rings. The summed E-state index contributed by atoms with van der Waals surface area (Å²) >= 11 is 6.18. The molecule has 6 nitrogen and oxygen atoms in total. The average Bonchev–Trinajstić information content (AvgIpc) is 2.86. The molecule has 2 amide bonds. The van der Waals surface area contributed by atoms with Gasteiger partial charge in [0.05, 0.1) is 12.1 Å². The third kappa shape index (κ3) is 6.99. The van der Waals surface area contributed by atoms with Crippen molar-refractivity contribution in [3.63, 3.8) is 0 Å². The summed E-state index contributed by atoms with van der Waals surface area (Å²) in [4.78, 5) is 28.1. The second kappa shape index (κ2) is 12.7. The van der Waals surface area contributed by atoms with E-state index in [0.717, 1.165) is 11.1 Å². The Morgan fingerprint density at radius 3 is 2.26 bits per heavy atom. The second-order valence-electron chi connectivity index (χ2n) is 7.69. The monoisotopic (exact) mass is 480 g/mol. The van der Waals surface area contributed by atoms with Crippen LogP contribution >= 0.6 is 11.6 Å². The van der Waals surface area contributed by atoms with Crippen molar-refractivity contribution in [1.29, 1.82) is 0 Å². The number of carbonyl (C=O) groups is 2. The average molecular weight is 481 g/mol. The Balaban J connectivity index is 1.89. The van der Waals surface area contributed by atoms with Gasteiger partial charge in [-0.3, -0.25) is 9.59 Å². The number of ether oxygens (including phenoxy) is 2. The molecule has 0 bridgehead atoms. The molecule has 0 unspecified atom stereocenters. The molecule has 1 N–H and O–H groups in total. The highest BCUT2D eigenvalue weighted by molar-refractivity contribution is 6.32. The van der Waals surface area contributed by atoms with Gasteiger partial charge in [-0.25, -0.2) is 0 Å². The van der Waals surface area contributed by atoms with Gasteiger partial charge in [-0.15, -0.1) is 0 Å². The summed E-state index contributed by atoms with van der Waals surface area (Å²) in [7, 11) is 1.60. The number of nitrogens with one attached hydrogen (secondary N) is 1. The van der Waals surface area contributed by atoms with Crippen LogP contribution in [0.2, 0.25) is 5.02 Å². The Labute approximate surface area is 205 Å². The molecule has 0 aromatic heterocycles. The third-order valence-electron chi connectivity index (χ3n) is 5.32. The number of para-hydroxylation sites is 1. The van der Waals surface area contributed by atoms with Crippen LogP contribution in [-0.4, -0.2) is 43.0 Å². The number of methoxy groups -OCH3 is 1. The number of amides is 2. The molecule has 7 heteroatoms. The maximum Gasteiger partial charge on any atom is 0.261 e. The normalized spacial score (nSPS) is 11.4. The molecule has 178 valence electrons. The molecule has 0 spiro atoms. The lowest BCUT2D eigenvalue weighted by molar-refractivity contribution is -0.142. The van der Waals surface area contributed by atoms with Gasteiger partial charge in [0.2, 0.25) is 5.91 Å². The zero-order chi connectivity index (χ0) is 24.3. The van der Waals surface area contributed by atoms with Gasteiger partial charge < -0.3 is 19.7 Å². The number of hydrogen-bond acceptors (Lipinski definition) is 4. The van der Waals surface area contributed by atoms with Crippen molar-refractivity contribution in [3.05, 3.63) is 95.0 Å². The highest BCUT2D eigenvalue weighted by Gasteiger charge is 2.30. The lowest BCUT2D eigenvalue weighted by Gasteiger charge is -2.31. The van der Waals surface area contributed by atoms with E-state index in [1.165, 1.54) is 0 Å². The second-order valence-corrected chi connectivity index (χ2v) is 8.10. The molecule has 0 fully saturated rings. The van der Waals surface area contributed by atoms with E-state index in [0.29, 0.717) is 29.5 Å². The van der Waals surface area contributed by atoms with Gasteiger partial charge in [0.1, 0.15) is 17.5 Å². The van der Waals surface area contributed by atoms with Gasteiger partial charge in [-0.1, -0.05) is 66.2 Å². The van der Waals surface area contributed by atoms with Crippen LogP contribution in [0.4, 0.5) is 0 Å². The predicted molar refractivity (Wildman–Crippen MR) is 133 cm³/mol. The lowest BCUT2D eigenvalue weighted by Crippen LogP contribution is -2.51. The number of benzene rings is 3. The SMILES string of the molecule is CCNC(=O)[C@H](Cc1ccccc1)N(Cc1ccc(OC)cc1)C(=O)COc1ccccc1Cl. The molecule has 1 atom stereocenters. The van der Waals surface area contributed by atoms with E-state index < -0.39 is 6.04 Å². The Kier molecular flexibility index (Phi) is 9.35. The minimum atomic E-state index is -0.716. The van der Waals surface area contributed by atoms with E-state index in [1.807, 2.05) is 61.5 Å². The van der Waals surface area contributed by atoms with Crippen molar-refractivity contribution < 1.29 is 19.1 Å². The summed E-state index contributed by atoms with van der Waals surface area (Å²) in [5, 5.41) is 3.29. The minimum absolute atomic E-state index is 0.217. The first-order valence-corrected chi connectivity index (χ1v) is 11.5. The van der Waals surface area contributed by atoms with Crippen LogP contribution in [0.25, 0.3) is 0 Å². The number of rotatable bonds is 11. The Hall–Kier alpha value is -3.51. The van der Waals surface area contributed by atoms with Crippen LogP contribution in [0.3, 0.4) is 0 Å². The first-order valence-electron chi connectivity index (χ1n) is 11.1. The van der Waals surface area contributed by atoms with Gasteiger partial charge in [-0.05, 0) is 42.3 Å². The van der Waals surface area contributed by atoms with Crippen molar-refractivity contribution >= 4 is 23.4 Å². The number of carbonyl (C=O) groups excluding carboxylic acids is 2. The van der Waals surface area contributed by atoms with Crippen LogP contribution in [0.1, 0.15) is 18.1 Å². The highest BCUT2D eigenvalue weighted by Crippen LogP contribution is 2.24. The van der Waals surface area contributed by atoms with Crippen LogP contribution in [-0.2, 0) is 22.6 Å². The van der Waals surface area contributed by atoms with Crippen molar-refractivity contribution in [1.82, 2.24) is 10.2 Å². The zero-order valence-corrected chi connectivity index (χ0v) is 20.1. The molecule has 0 saturated carbocycles. The summed E-state index contributed by atoms with van der Waals surface area (Å²) in [6.07, 6.45) is 0.376. The Morgan fingerprint density at radius 1 is 0.941 bits per heavy atom. The first-order chi connectivity index (χ1) is 16.5. The van der Waals surface area contributed by atoms with E-state index in [2.05, 4.69) is 5.32 Å². The van der Waals surface area contributed by atoms with Gasteiger partial charge in [-0.2, -0.15) is 0 Å². The molecule has 3 rings (SSSR count). The van der Waals surface area contributed by atoms with Gasteiger partial charge in [0.15, 0.2) is 6.61 Å². The van der Waals surface area contributed by atoms with Crippen molar-refractivity contribution in [3.8, 4) is 11.5 Å². The van der Waals surface area contributed by atoms with Crippen molar-refractivity contribution in [2.45, 2.75) is 25.9 Å².